The summed E-state index contributed by atoms with van der Waals surface area (Å²) < 4.78 is 0. The van der Waals surface area contributed by atoms with Crippen LogP contribution in [0.4, 0.5) is 4.79 Å². The molecule has 0 radical (unpaired) electrons. The lowest BCUT2D eigenvalue weighted by atomic mass is 9.86. The van der Waals surface area contributed by atoms with E-state index in [0.717, 1.165) is 64.8 Å². The van der Waals surface area contributed by atoms with Crippen LogP contribution in [0.15, 0.2) is 12.2 Å². The van der Waals surface area contributed by atoms with E-state index < -0.39 is 0 Å². The van der Waals surface area contributed by atoms with Crippen molar-refractivity contribution in [2.45, 2.75) is 45.1 Å². The highest BCUT2D eigenvalue weighted by atomic mass is 16.2. The van der Waals surface area contributed by atoms with Crippen molar-refractivity contribution >= 4 is 11.9 Å². The van der Waals surface area contributed by atoms with Gasteiger partial charge < -0.3 is 15.5 Å². The number of rotatable bonds is 5. The van der Waals surface area contributed by atoms with Gasteiger partial charge in [0.15, 0.2) is 0 Å². The topological polar surface area (TPSA) is 64.7 Å². The molecular formula is C19H32N4O2. The van der Waals surface area contributed by atoms with E-state index >= 15 is 0 Å². The summed E-state index contributed by atoms with van der Waals surface area (Å²) >= 11 is 0. The van der Waals surface area contributed by atoms with Gasteiger partial charge in [0.2, 0.25) is 5.91 Å². The maximum Gasteiger partial charge on any atom is 0.317 e. The summed E-state index contributed by atoms with van der Waals surface area (Å²) in [7, 11) is 0. The Kier molecular flexibility index (Phi) is 6.34. The van der Waals surface area contributed by atoms with Gasteiger partial charge in [-0.05, 0) is 43.9 Å². The smallest absolute Gasteiger partial charge is 0.317 e. The van der Waals surface area contributed by atoms with E-state index in [2.05, 4.69) is 34.6 Å². The zero-order valence-corrected chi connectivity index (χ0v) is 15.4. The third-order valence-corrected chi connectivity index (χ3v) is 5.76. The molecule has 0 aromatic heterocycles. The van der Waals surface area contributed by atoms with E-state index in [1.807, 2.05) is 4.90 Å². The summed E-state index contributed by atoms with van der Waals surface area (Å²) in [4.78, 5) is 28.5. The first kappa shape index (κ1) is 18.2. The van der Waals surface area contributed by atoms with Crippen LogP contribution >= 0.6 is 0 Å². The molecule has 3 rings (SSSR count). The molecule has 2 saturated heterocycles. The Balaban J connectivity index is 1.36. The molecule has 25 heavy (non-hydrogen) atoms. The molecule has 1 aliphatic carbocycles. The Morgan fingerprint density at radius 1 is 1.08 bits per heavy atom. The zero-order chi connectivity index (χ0) is 17.6. The van der Waals surface area contributed by atoms with E-state index in [1.165, 1.54) is 0 Å². The molecule has 0 aromatic rings. The number of carbonyl (C=O) groups excluding carboxylic acids is 2. The van der Waals surface area contributed by atoms with Crippen LogP contribution in [-0.4, -0.2) is 67.0 Å². The molecule has 2 heterocycles. The molecule has 0 bridgehead atoms. The highest BCUT2D eigenvalue weighted by Crippen LogP contribution is 2.32. The number of fused-ring (bicyclic) bond motifs is 1. The molecule has 2 aliphatic heterocycles. The fourth-order valence-corrected chi connectivity index (χ4v) is 4.21. The standard InChI is InChI=1S/C19H32N4O2/c1-2-9-20-18(24)14-22-10-7-17(8-11-22)21-19(25)23-12-15-5-3-4-6-16(15)13-23/h3-4,15-17H,2,5-14H2,1H3,(H,20,24)(H,21,25)/t15-,16+. The van der Waals surface area contributed by atoms with Gasteiger partial charge in [-0.3, -0.25) is 9.69 Å². The minimum absolute atomic E-state index is 0.105. The second-order valence-corrected chi connectivity index (χ2v) is 7.72. The summed E-state index contributed by atoms with van der Waals surface area (Å²) in [5.41, 5.74) is 0. The predicted octanol–water partition coefficient (Wildman–Crippen LogP) is 1.58. The molecular weight excluding hydrogens is 316 g/mol. The van der Waals surface area contributed by atoms with Crippen LogP contribution in [0.25, 0.3) is 0 Å². The van der Waals surface area contributed by atoms with Gasteiger partial charge in [0.05, 0.1) is 6.54 Å². The Morgan fingerprint density at radius 2 is 1.72 bits per heavy atom. The average molecular weight is 348 g/mol. The number of nitrogens with one attached hydrogen (secondary N) is 2. The normalized spacial score (nSPS) is 27.2. The summed E-state index contributed by atoms with van der Waals surface area (Å²) in [5, 5.41) is 6.14. The zero-order valence-electron chi connectivity index (χ0n) is 15.4. The monoisotopic (exact) mass is 348 g/mol. The molecule has 6 heteroatoms. The Labute approximate surface area is 151 Å². The van der Waals surface area contributed by atoms with Gasteiger partial charge in [0, 0.05) is 38.8 Å². The third-order valence-electron chi connectivity index (χ3n) is 5.76. The maximum absolute atomic E-state index is 12.6. The highest BCUT2D eigenvalue weighted by molar-refractivity contribution is 5.78. The second kappa shape index (κ2) is 8.70. The van der Waals surface area contributed by atoms with E-state index in [-0.39, 0.29) is 18.0 Å². The van der Waals surface area contributed by atoms with Crippen LogP contribution in [0.1, 0.15) is 39.0 Å². The van der Waals surface area contributed by atoms with Gasteiger partial charge in [-0.2, -0.15) is 0 Å². The van der Waals surface area contributed by atoms with E-state index in [0.29, 0.717) is 18.4 Å². The summed E-state index contributed by atoms with van der Waals surface area (Å²) in [5.74, 6) is 1.41. The van der Waals surface area contributed by atoms with Crippen molar-refractivity contribution in [3.63, 3.8) is 0 Å². The number of amides is 3. The number of likely N-dealkylation sites (tertiary alicyclic amines) is 2. The molecule has 3 amide bonds. The minimum atomic E-state index is 0.105. The molecule has 140 valence electrons. The van der Waals surface area contributed by atoms with Crippen LogP contribution in [0.2, 0.25) is 0 Å². The summed E-state index contributed by atoms with van der Waals surface area (Å²) in [6, 6.07) is 0.344. The predicted molar refractivity (Wildman–Crippen MR) is 98.2 cm³/mol. The molecule has 2 N–H and O–H groups in total. The van der Waals surface area contributed by atoms with E-state index in [1.54, 1.807) is 0 Å². The average Bonchev–Trinajstić information content (AvgIpc) is 3.06. The molecule has 0 spiro atoms. The number of hydrogen-bond acceptors (Lipinski definition) is 3. The fourth-order valence-electron chi connectivity index (χ4n) is 4.21. The largest absolute Gasteiger partial charge is 0.355 e. The minimum Gasteiger partial charge on any atom is -0.355 e. The van der Waals surface area contributed by atoms with Crippen LogP contribution in [0, 0.1) is 11.8 Å². The Hall–Kier alpha value is -1.56. The quantitative estimate of drug-likeness (QED) is 0.742. The molecule has 2 fully saturated rings. The summed E-state index contributed by atoms with van der Waals surface area (Å²) in [6.45, 7) is 6.83. The van der Waals surface area contributed by atoms with Gasteiger partial charge >= 0.3 is 6.03 Å². The molecule has 2 atom stereocenters. The number of nitrogens with zero attached hydrogens (tertiary/aromatic N) is 2. The number of urea groups is 1. The first-order chi connectivity index (χ1) is 12.2. The Bertz CT molecular complexity index is 484. The molecule has 0 saturated carbocycles. The SMILES string of the molecule is CCCNC(=O)CN1CCC(NC(=O)N2C[C@H]3CC=CC[C@H]3C2)CC1. The number of carbonyl (C=O) groups is 2. The first-order valence-corrected chi connectivity index (χ1v) is 9.85. The van der Waals surface area contributed by atoms with Crippen molar-refractivity contribution in [2.24, 2.45) is 11.8 Å². The van der Waals surface area contributed by atoms with Crippen molar-refractivity contribution in [3.05, 3.63) is 12.2 Å². The van der Waals surface area contributed by atoms with Crippen molar-refractivity contribution in [2.75, 3.05) is 39.3 Å². The van der Waals surface area contributed by atoms with Crippen LogP contribution < -0.4 is 10.6 Å². The second-order valence-electron chi connectivity index (χ2n) is 7.72. The van der Waals surface area contributed by atoms with Crippen LogP contribution in [-0.2, 0) is 4.79 Å². The van der Waals surface area contributed by atoms with Crippen LogP contribution in [0.5, 0.6) is 0 Å². The van der Waals surface area contributed by atoms with Gasteiger partial charge in [0.25, 0.3) is 0 Å². The number of piperidine rings is 1. The van der Waals surface area contributed by atoms with Crippen molar-refractivity contribution in [1.82, 2.24) is 20.4 Å². The maximum atomic E-state index is 12.6. The third kappa shape index (κ3) is 4.97. The molecule has 0 aromatic carbocycles. The summed E-state index contributed by atoms with van der Waals surface area (Å²) in [6.07, 6.45) is 9.57. The van der Waals surface area contributed by atoms with Crippen molar-refractivity contribution in [3.8, 4) is 0 Å². The van der Waals surface area contributed by atoms with Crippen molar-refractivity contribution in [1.29, 1.82) is 0 Å². The lowest BCUT2D eigenvalue weighted by Crippen LogP contribution is -2.50. The lowest BCUT2D eigenvalue weighted by Gasteiger charge is -2.32. The van der Waals surface area contributed by atoms with E-state index in [4.69, 9.17) is 0 Å². The van der Waals surface area contributed by atoms with Crippen molar-refractivity contribution < 1.29 is 9.59 Å². The molecule has 3 aliphatic rings. The van der Waals surface area contributed by atoms with Crippen LogP contribution in [0.3, 0.4) is 0 Å². The van der Waals surface area contributed by atoms with E-state index in [9.17, 15) is 9.59 Å². The first-order valence-electron chi connectivity index (χ1n) is 9.85. The van der Waals surface area contributed by atoms with Gasteiger partial charge in [-0.15, -0.1) is 0 Å². The highest BCUT2D eigenvalue weighted by Gasteiger charge is 2.35. The van der Waals surface area contributed by atoms with Gasteiger partial charge in [-0.25, -0.2) is 4.79 Å². The molecule has 6 nitrogen and oxygen atoms in total. The Morgan fingerprint density at radius 3 is 2.32 bits per heavy atom. The van der Waals surface area contributed by atoms with Gasteiger partial charge in [0.1, 0.15) is 0 Å². The number of allylic oxidation sites excluding steroid dienone is 2. The lowest BCUT2D eigenvalue weighted by molar-refractivity contribution is -0.122. The fraction of sp³-hybridized carbons (Fsp3) is 0.789. The number of hydrogen-bond donors (Lipinski definition) is 2. The molecule has 0 unspecified atom stereocenters. The van der Waals surface area contributed by atoms with Gasteiger partial charge in [-0.1, -0.05) is 19.1 Å².